The van der Waals surface area contributed by atoms with Crippen molar-refractivity contribution in [1.29, 1.82) is 0 Å². The zero-order valence-corrected chi connectivity index (χ0v) is 9.10. The Hall–Kier alpha value is -1.21. The predicted octanol–water partition coefficient (Wildman–Crippen LogP) is 2.85. The second kappa shape index (κ2) is 4.47. The molecule has 0 amide bonds. The van der Waals surface area contributed by atoms with Gasteiger partial charge < -0.3 is 0 Å². The van der Waals surface area contributed by atoms with Crippen LogP contribution in [0, 0.1) is 5.82 Å². The van der Waals surface area contributed by atoms with E-state index in [9.17, 15) is 22.0 Å². The van der Waals surface area contributed by atoms with Gasteiger partial charge in [-0.15, -0.1) is 0 Å². The first-order valence-electron chi connectivity index (χ1n) is 5.19. The van der Waals surface area contributed by atoms with Crippen LogP contribution < -0.4 is 5.48 Å². The first-order valence-corrected chi connectivity index (χ1v) is 5.19. The minimum Gasteiger partial charge on any atom is -0.288 e. The third kappa shape index (κ3) is 2.20. The lowest BCUT2D eigenvalue weighted by Gasteiger charge is -2.25. The Morgan fingerprint density at radius 3 is 2.50 bits per heavy atom. The van der Waals surface area contributed by atoms with Crippen LogP contribution >= 0.6 is 0 Å². The zero-order chi connectivity index (χ0) is 13.4. The summed E-state index contributed by atoms with van der Waals surface area (Å²) in [4.78, 5) is 4.35. The molecule has 2 atom stereocenters. The average Bonchev–Trinajstić information content (AvgIpc) is 2.75. The van der Waals surface area contributed by atoms with Gasteiger partial charge in [0.2, 0.25) is 0 Å². The van der Waals surface area contributed by atoms with Gasteiger partial charge in [0.05, 0.1) is 0 Å². The van der Waals surface area contributed by atoms with Gasteiger partial charge >= 0.3 is 6.18 Å². The second-order valence-electron chi connectivity index (χ2n) is 4.15. The van der Waals surface area contributed by atoms with Gasteiger partial charge in [-0.2, -0.15) is 18.7 Å². The Labute approximate surface area is 99.7 Å². The molecule has 1 aliphatic heterocycles. The maximum Gasteiger partial charge on any atom is 0.416 e. The molecule has 0 unspecified atom stereocenters. The Balaban J connectivity index is 2.32. The Morgan fingerprint density at radius 2 is 2.00 bits per heavy atom. The van der Waals surface area contributed by atoms with Crippen LogP contribution in [-0.2, 0) is 10.4 Å². The molecule has 0 aliphatic carbocycles. The molecule has 1 heterocycles. The number of rotatable bonds is 2. The topological polar surface area (TPSA) is 21.3 Å². The second-order valence-corrected chi connectivity index (χ2v) is 4.15. The van der Waals surface area contributed by atoms with Crippen molar-refractivity contribution in [3.05, 3.63) is 35.6 Å². The van der Waals surface area contributed by atoms with E-state index in [0.29, 0.717) is 0 Å². The lowest BCUT2D eigenvalue weighted by molar-refractivity contribution is -0.219. The van der Waals surface area contributed by atoms with Crippen molar-refractivity contribution in [3.63, 3.8) is 0 Å². The van der Waals surface area contributed by atoms with Crippen LogP contribution in [0.15, 0.2) is 24.3 Å². The van der Waals surface area contributed by atoms with Gasteiger partial charge in [-0.05, 0) is 6.07 Å². The highest BCUT2D eigenvalue weighted by Crippen LogP contribution is 2.40. The molecule has 1 fully saturated rings. The van der Waals surface area contributed by atoms with Crippen molar-refractivity contribution < 1.29 is 26.8 Å². The van der Waals surface area contributed by atoms with E-state index in [4.69, 9.17) is 0 Å². The SMILES string of the molecule is FC[C@]1(c2ccccc2F)C[C@H](C(F)(F)F)ON1. The summed E-state index contributed by atoms with van der Waals surface area (Å²) in [6, 6.07) is 5.11. The number of alkyl halides is 4. The van der Waals surface area contributed by atoms with E-state index in [0.717, 1.165) is 6.07 Å². The van der Waals surface area contributed by atoms with Gasteiger partial charge in [-0.1, -0.05) is 18.2 Å². The number of hydroxylamine groups is 1. The molecule has 1 aliphatic rings. The van der Waals surface area contributed by atoms with Crippen LogP contribution in [0.4, 0.5) is 22.0 Å². The molecule has 2 rings (SSSR count). The van der Waals surface area contributed by atoms with Crippen molar-refractivity contribution in [2.24, 2.45) is 0 Å². The highest BCUT2D eigenvalue weighted by atomic mass is 19.4. The summed E-state index contributed by atoms with van der Waals surface area (Å²) < 4.78 is 64.1. The van der Waals surface area contributed by atoms with Gasteiger partial charge in [0.25, 0.3) is 0 Å². The molecule has 7 heteroatoms. The van der Waals surface area contributed by atoms with Gasteiger partial charge in [0.15, 0.2) is 6.10 Å². The maximum atomic E-state index is 13.6. The molecule has 1 aromatic carbocycles. The molecule has 18 heavy (non-hydrogen) atoms. The van der Waals surface area contributed by atoms with Crippen LogP contribution in [0.3, 0.4) is 0 Å². The number of halogens is 5. The predicted molar refractivity (Wildman–Crippen MR) is 52.7 cm³/mol. The summed E-state index contributed by atoms with van der Waals surface area (Å²) in [7, 11) is 0. The fourth-order valence-corrected chi connectivity index (χ4v) is 1.93. The molecule has 0 radical (unpaired) electrons. The number of nitrogens with one attached hydrogen (secondary N) is 1. The van der Waals surface area contributed by atoms with Gasteiger partial charge in [-0.25, -0.2) is 8.78 Å². The van der Waals surface area contributed by atoms with Crippen LogP contribution in [0.1, 0.15) is 12.0 Å². The van der Waals surface area contributed by atoms with Gasteiger partial charge in [-0.3, -0.25) is 4.84 Å². The van der Waals surface area contributed by atoms with Crippen LogP contribution in [0.2, 0.25) is 0 Å². The van der Waals surface area contributed by atoms with E-state index in [1.165, 1.54) is 18.2 Å². The molecule has 0 spiro atoms. The highest BCUT2D eigenvalue weighted by molar-refractivity contribution is 5.27. The fraction of sp³-hybridized carbons (Fsp3) is 0.455. The summed E-state index contributed by atoms with van der Waals surface area (Å²) in [5, 5.41) is 0. The summed E-state index contributed by atoms with van der Waals surface area (Å²) >= 11 is 0. The molecular weight excluding hydrogens is 257 g/mol. The molecule has 1 N–H and O–H groups in total. The summed E-state index contributed by atoms with van der Waals surface area (Å²) in [6.45, 7) is -1.19. The summed E-state index contributed by atoms with van der Waals surface area (Å²) in [6.07, 6.45) is -7.46. The van der Waals surface area contributed by atoms with Crippen molar-refractivity contribution >= 4 is 0 Å². The fourth-order valence-electron chi connectivity index (χ4n) is 1.93. The van der Waals surface area contributed by atoms with Crippen molar-refractivity contribution in [1.82, 2.24) is 5.48 Å². The third-order valence-electron chi connectivity index (χ3n) is 2.91. The largest absolute Gasteiger partial charge is 0.416 e. The quantitative estimate of drug-likeness (QED) is 0.832. The molecule has 2 nitrogen and oxygen atoms in total. The minimum absolute atomic E-state index is 0.167. The van der Waals surface area contributed by atoms with Gasteiger partial charge in [0.1, 0.15) is 18.0 Å². The molecule has 0 aromatic heterocycles. The van der Waals surface area contributed by atoms with Crippen molar-refractivity contribution in [2.45, 2.75) is 24.2 Å². The van der Waals surface area contributed by atoms with E-state index in [1.807, 2.05) is 5.48 Å². The lowest BCUT2D eigenvalue weighted by Crippen LogP contribution is -2.39. The standard InChI is InChI=1S/C11H10F5NO/c12-6-10(7-3-1-2-4-8(7)13)5-9(18-17-10)11(14,15)16/h1-4,9,17H,5-6H2/t9-,10+/m1/s1. The molecular formula is C11H10F5NO. The molecule has 0 bridgehead atoms. The Morgan fingerprint density at radius 1 is 1.33 bits per heavy atom. The van der Waals surface area contributed by atoms with Crippen molar-refractivity contribution in [3.8, 4) is 0 Å². The van der Waals surface area contributed by atoms with E-state index in [2.05, 4.69) is 4.84 Å². The first-order chi connectivity index (χ1) is 8.39. The van der Waals surface area contributed by atoms with E-state index >= 15 is 0 Å². The normalized spacial score (nSPS) is 28.6. The smallest absolute Gasteiger partial charge is 0.288 e. The third-order valence-corrected chi connectivity index (χ3v) is 2.91. The van der Waals surface area contributed by atoms with E-state index < -0.39 is 36.7 Å². The molecule has 0 saturated carbocycles. The van der Waals surface area contributed by atoms with Crippen molar-refractivity contribution in [2.75, 3.05) is 6.67 Å². The molecule has 1 aromatic rings. The molecule has 1 saturated heterocycles. The minimum atomic E-state index is -4.62. The summed E-state index contributed by atoms with van der Waals surface area (Å²) in [5.74, 6) is -0.769. The lowest BCUT2D eigenvalue weighted by atomic mass is 9.87. The van der Waals surface area contributed by atoms with Crippen LogP contribution in [0.5, 0.6) is 0 Å². The number of benzene rings is 1. The van der Waals surface area contributed by atoms with Crippen LogP contribution in [0.25, 0.3) is 0 Å². The zero-order valence-electron chi connectivity index (χ0n) is 9.10. The Kier molecular flexibility index (Phi) is 3.29. The monoisotopic (exact) mass is 267 g/mol. The van der Waals surface area contributed by atoms with E-state index in [1.54, 1.807) is 0 Å². The number of hydrogen-bond acceptors (Lipinski definition) is 2. The first kappa shape index (κ1) is 13.2. The van der Waals surface area contributed by atoms with Crippen LogP contribution in [-0.4, -0.2) is 19.0 Å². The Bertz CT molecular complexity index is 436. The average molecular weight is 267 g/mol. The number of hydrogen-bond donors (Lipinski definition) is 1. The highest BCUT2D eigenvalue weighted by Gasteiger charge is 2.53. The summed E-state index contributed by atoms with van der Waals surface area (Å²) in [5.41, 5.74) is 0.0450. The maximum absolute atomic E-state index is 13.6. The molecule has 100 valence electrons. The van der Waals surface area contributed by atoms with Gasteiger partial charge in [0, 0.05) is 12.0 Å². The van der Waals surface area contributed by atoms with E-state index in [-0.39, 0.29) is 5.56 Å².